The highest BCUT2D eigenvalue weighted by atomic mass is 16.6. The van der Waals surface area contributed by atoms with E-state index in [-0.39, 0.29) is 11.9 Å². The molecule has 12 nitrogen and oxygen atoms in total. The lowest BCUT2D eigenvalue weighted by Gasteiger charge is -2.36. The molecule has 0 saturated carbocycles. The number of hydrogen-bond acceptors (Lipinski definition) is 8. The molecule has 3 N–H and O–H groups in total. The molecule has 0 unspecified atom stereocenters. The number of anilines is 2. The van der Waals surface area contributed by atoms with E-state index in [1.807, 2.05) is 51.1 Å². The summed E-state index contributed by atoms with van der Waals surface area (Å²) < 4.78 is 10.8. The first-order chi connectivity index (χ1) is 20.2. The largest absolute Gasteiger partial charge is 0.444 e. The van der Waals surface area contributed by atoms with Crippen molar-refractivity contribution in [1.82, 2.24) is 25.5 Å². The van der Waals surface area contributed by atoms with Crippen molar-refractivity contribution in [2.24, 2.45) is 0 Å². The molecule has 1 aromatic heterocycles. The maximum Gasteiger partial charge on any atom is 0.410 e. The van der Waals surface area contributed by atoms with Crippen molar-refractivity contribution in [2.75, 3.05) is 62.7 Å². The molecule has 3 aliphatic rings. The maximum absolute atomic E-state index is 13.7. The SMILES string of the molecule is CC(C)(C)OC(=O)N1CCN(c2ccc(-c3[nH]nc4c3C(=O)c3c(NC(=O)NN5CCOCC5)cccc3-4)cc2)CC1. The molecule has 3 heterocycles. The molecule has 42 heavy (non-hydrogen) atoms. The summed E-state index contributed by atoms with van der Waals surface area (Å²) in [5.74, 6) is -0.187. The van der Waals surface area contributed by atoms with E-state index >= 15 is 0 Å². The predicted octanol–water partition coefficient (Wildman–Crippen LogP) is 3.71. The molecular formula is C30H35N7O5. The van der Waals surface area contributed by atoms with Gasteiger partial charge in [-0.15, -0.1) is 0 Å². The van der Waals surface area contributed by atoms with Crippen LogP contribution in [-0.2, 0) is 9.47 Å². The Hall–Kier alpha value is -4.42. The molecule has 3 aromatic rings. The maximum atomic E-state index is 13.7. The van der Waals surface area contributed by atoms with Crippen LogP contribution in [0, 0.1) is 0 Å². The summed E-state index contributed by atoms with van der Waals surface area (Å²) in [6.45, 7) is 10.4. The Kier molecular flexibility index (Phi) is 7.33. The summed E-state index contributed by atoms with van der Waals surface area (Å²) in [6, 6.07) is 12.9. The quantitative estimate of drug-likeness (QED) is 0.337. The number of urea groups is 1. The highest BCUT2D eigenvalue weighted by molar-refractivity contribution is 6.26. The summed E-state index contributed by atoms with van der Waals surface area (Å²) in [5.41, 5.74) is 7.42. The zero-order valence-corrected chi connectivity index (χ0v) is 24.0. The normalized spacial score (nSPS) is 17.1. The van der Waals surface area contributed by atoms with Gasteiger partial charge in [0.15, 0.2) is 5.78 Å². The summed E-state index contributed by atoms with van der Waals surface area (Å²) in [7, 11) is 0. The first-order valence-electron chi connectivity index (χ1n) is 14.2. The van der Waals surface area contributed by atoms with Gasteiger partial charge < -0.3 is 24.6 Å². The molecule has 12 heteroatoms. The van der Waals surface area contributed by atoms with E-state index in [2.05, 4.69) is 25.8 Å². The van der Waals surface area contributed by atoms with Crippen LogP contribution in [0.4, 0.5) is 21.0 Å². The average molecular weight is 574 g/mol. The zero-order chi connectivity index (χ0) is 29.4. The van der Waals surface area contributed by atoms with Crippen molar-refractivity contribution in [2.45, 2.75) is 26.4 Å². The van der Waals surface area contributed by atoms with E-state index in [0.717, 1.165) is 11.3 Å². The van der Waals surface area contributed by atoms with Gasteiger partial charge in [-0.25, -0.2) is 14.6 Å². The Morgan fingerprint density at radius 3 is 2.36 bits per heavy atom. The monoisotopic (exact) mass is 573 g/mol. The predicted molar refractivity (Wildman–Crippen MR) is 157 cm³/mol. The molecule has 220 valence electrons. The van der Waals surface area contributed by atoms with Crippen molar-refractivity contribution in [1.29, 1.82) is 0 Å². The molecule has 2 aliphatic heterocycles. The fraction of sp³-hybridized carbons (Fsp3) is 0.400. The summed E-state index contributed by atoms with van der Waals surface area (Å²) in [4.78, 5) is 42.8. The second-order valence-electron chi connectivity index (χ2n) is 11.5. The van der Waals surface area contributed by atoms with E-state index in [0.29, 0.717) is 86.2 Å². The number of ether oxygens (including phenoxy) is 2. The van der Waals surface area contributed by atoms with Gasteiger partial charge in [0, 0.05) is 56.1 Å². The van der Waals surface area contributed by atoms with Gasteiger partial charge in [-0.05, 0) is 39.0 Å². The number of amides is 3. The minimum absolute atomic E-state index is 0.187. The number of fused-ring (bicyclic) bond motifs is 3. The van der Waals surface area contributed by atoms with Gasteiger partial charge in [0.2, 0.25) is 0 Å². The smallest absolute Gasteiger partial charge is 0.410 e. The van der Waals surface area contributed by atoms with E-state index in [9.17, 15) is 14.4 Å². The minimum atomic E-state index is -0.518. The Morgan fingerprint density at radius 1 is 0.952 bits per heavy atom. The van der Waals surface area contributed by atoms with Crippen LogP contribution < -0.4 is 15.6 Å². The Balaban J connectivity index is 1.14. The number of aromatic amines is 1. The number of benzene rings is 2. The molecule has 2 aromatic carbocycles. The van der Waals surface area contributed by atoms with Crippen molar-refractivity contribution in [3.63, 3.8) is 0 Å². The van der Waals surface area contributed by atoms with Crippen LogP contribution in [-0.4, -0.2) is 96.1 Å². The second kappa shape index (κ2) is 11.1. The van der Waals surface area contributed by atoms with E-state index in [4.69, 9.17) is 9.47 Å². The van der Waals surface area contributed by atoms with Crippen LogP contribution in [0.25, 0.3) is 22.5 Å². The summed E-state index contributed by atoms with van der Waals surface area (Å²) in [5, 5.41) is 12.2. The highest BCUT2D eigenvalue weighted by Gasteiger charge is 2.35. The fourth-order valence-electron chi connectivity index (χ4n) is 5.47. The van der Waals surface area contributed by atoms with Crippen LogP contribution in [0.1, 0.15) is 36.7 Å². The van der Waals surface area contributed by atoms with E-state index in [1.165, 1.54) is 0 Å². The standard InChI is InChI=1S/C30H35N7O5/c1-30(2,3)42-29(40)36-13-11-35(12-14-36)20-9-7-19(8-10-20)25-24-26(33-32-25)21-5-4-6-22(23(21)27(24)38)31-28(39)34-37-15-17-41-18-16-37/h4-10H,11-18H2,1-3H3,(H,32,33)(H2,31,34,39). The molecule has 6 rings (SSSR count). The molecule has 0 spiro atoms. The molecule has 2 fully saturated rings. The number of piperazine rings is 1. The van der Waals surface area contributed by atoms with Crippen molar-refractivity contribution in [3.05, 3.63) is 53.6 Å². The van der Waals surface area contributed by atoms with E-state index in [1.54, 1.807) is 22.0 Å². The molecule has 0 atom stereocenters. The number of morpholine rings is 1. The lowest BCUT2D eigenvalue weighted by Crippen LogP contribution is -2.50. The van der Waals surface area contributed by atoms with Gasteiger partial charge in [-0.2, -0.15) is 5.10 Å². The third-order valence-electron chi connectivity index (χ3n) is 7.51. The molecule has 2 saturated heterocycles. The number of carbonyl (C=O) groups excluding carboxylic acids is 3. The number of hydrazine groups is 1. The third-order valence-corrected chi connectivity index (χ3v) is 7.51. The first kappa shape index (κ1) is 27.7. The van der Waals surface area contributed by atoms with Crippen molar-refractivity contribution in [3.8, 4) is 22.5 Å². The van der Waals surface area contributed by atoms with Crippen molar-refractivity contribution < 1.29 is 23.9 Å². The summed E-state index contributed by atoms with van der Waals surface area (Å²) in [6.07, 6.45) is -0.285. The topological polar surface area (TPSA) is 132 Å². The van der Waals surface area contributed by atoms with Crippen LogP contribution in [0.3, 0.4) is 0 Å². The third kappa shape index (κ3) is 5.55. The molecule has 0 bridgehead atoms. The van der Waals surface area contributed by atoms with Gasteiger partial charge in [-0.1, -0.05) is 24.3 Å². The number of aromatic nitrogens is 2. The highest BCUT2D eigenvalue weighted by Crippen LogP contribution is 2.43. The number of carbonyl (C=O) groups is 3. The van der Waals surface area contributed by atoms with E-state index < -0.39 is 11.6 Å². The average Bonchev–Trinajstić information content (AvgIpc) is 3.53. The number of nitrogens with zero attached hydrogens (tertiary/aromatic N) is 4. The van der Waals surface area contributed by atoms with Gasteiger partial charge in [0.25, 0.3) is 0 Å². The van der Waals surface area contributed by atoms with Crippen LogP contribution in [0.2, 0.25) is 0 Å². The number of ketones is 1. The van der Waals surface area contributed by atoms with Gasteiger partial charge in [0.1, 0.15) is 11.3 Å². The zero-order valence-electron chi connectivity index (χ0n) is 24.0. The number of H-pyrrole nitrogens is 1. The van der Waals surface area contributed by atoms with Crippen LogP contribution >= 0.6 is 0 Å². The first-order valence-corrected chi connectivity index (χ1v) is 14.2. The van der Waals surface area contributed by atoms with Gasteiger partial charge in [0.05, 0.1) is 35.7 Å². The second-order valence-corrected chi connectivity index (χ2v) is 11.5. The van der Waals surface area contributed by atoms with Crippen molar-refractivity contribution >= 4 is 29.3 Å². The molecule has 1 aliphatic carbocycles. The summed E-state index contributed by atoms with van der Waals surface area (Å²) >= 11 is 0. The van der Waals surface area contributed by atoms with Gasteiger partial charge >= 0.3 is 12.1 Å². The Bertz CT molecular complexity index is 1500. The number of nitrogens with one attached hydrogen (secondary N) is 3. The molecule has 0 radical (unpaired) electrons. The fourth-order valence-corrected chi connectivity index (χ4v) is 5.47. The molecule has 3 amide bonds. The van der Waals surface area contributed by atoms with Crippen LogP contribution in [0.5, 0.6) is 0 Å². The molecular weight excluding hydrogens is 538 g/mol. The van der Waals surface area contributed by atoms with Crippen LogP contribution in [0.15, 0.2) is 42.5 Å². The number of hydrogen-bond donors (Lipinski definition) is 3. The Morgan fingerprint density at radius 2 is 1.67 bits per heavy atom. The minimum Gasteiger partial charge on any atom is -0.444 e. The lowest BCUT2D eigenvalue weighted by molar-refractivity contribution is 0.0207. The number of rotatable bonds is 4. The Labute approximate surface area is 243 Å². The van der Waals surface area contributed by atoms with Gasteiger partial charge in [-0.3, -0.25) is 15.3 Å². The lowest BCUT2D eigenvalue weighted by atomic mass is 10.0.